The standard InChI is InChI=1S/C18H22BrN/c1-3-18(13-15-7-5-4-6-8-15)20-14(2)16-9-11-17(19)12-10-16/h4-12,14,18,20H,3,13H2,1-2H3/t14-,18?/m1/s1. The van der Waals surface area contributed by atoms with Crippen LogP contribution < -0.4 is 5.32 Å². The molecule has 2 aromatic rings. The molecule has 2 atom stereocenters. The summed E-state index contributed by atoms with van der Waals surface area (Å²) in [6.07, 6.45) is 2.22. The van der Waals surface area contributed by atoms with E-state index in [0.29, 0.717) is 12.1 Å². The van der Waals surface area contributed by atoms with Gasteiger partial charge in [-0.3, -0.25) is 0 Å². The fourth-order valence-corrected chi connectivity index (χ4v) is 2.69. The fraction of sp³-hybridized carbons (Fsp3) is 0.333. The summed E-state index contributed by atoms with van der Waals surface area (Å²) < 4.78 is 1.13. The summed E-state index contributed by atoms with van der Waals surface area (Å²) in [5.74, 6) is 0. The molecule has 0 spiro atoms. The van der Waals surface area contributed by atoms with Gasteiger partial charge in [-0.15, -0.1) is 0 Å². The van der Waals surface area contributed by atoms with E-state index < -0.39 is 0 Å². The van der Waals surface area contributed by atoms with Crippen molar-refractivity contribution in [2.45, 2.75) is 38.8 Å². The lowest BCUT2D eigenvalue weighted by Gasteiger charge is -2.23. The van der Waals surface area contributed by atoms with Crippen molar-refractivity contribution in [3.63, 3.8) is 0 Å². The highest BCUT2D eigenvalue weighted by Gasteiger charge is 2.12. The van der Waals surface area contributed by atoms with Gasteiger partial charge in [-0.05, 0) is 43.0 Å². The number of hydrogen-bond donors (Lipinski definition) is 1. The van der Waals surface area contributed by atoms with Crippen LogP contribution in [-0.4, -0.2) is 6.04 Å². The first-order valence-corrected chi connectivity index (χ1v) is 8.03. The highest BCUT2D eigenvalue weighted by molar-refractivity contribution is 9.10. The quantitative estimate of drug-likeness (QED) is 0.774. The fourth-order valence-electron chi connectivity index (χ4n) is 2.42. The Labute approximate surface area is 130 Å². The first-order chi connectivity index (χ1) is 9.69. The largest absolute Gasteiger partial charge is 0.307 e. The molecule has 0 aliphatic carbocycles. The van der Waals surface area contributed by atoms with Crippen LogP contribution in [0.15, 0.2) is 59.1 Å². The van der Waals surface area contributed by atoms with Gasteiger partial charge < -0.3 is 5.32 Å². The Kier molecular flexibility index (Phi) is 5.81. The highest BCUT2D eigenvalue weighted by atomic mass is 79.9. The van der Waals surface area contributed by atoms with E-state index in [-0.39, 0.29) is 0 Å². The second-order valence-electron chi connectivity index (χ2n) is 5.23. The monoisotopic (exact) mass is 331 g/mol. The van der Waals surface area contributed by atoms with Crippen LogP contribution in [0.1, 0.15) is 37.4 Å². The average Bonchev–Trinajstić information content (AvgIpc) is 2.48. The lowest BCUT2D eigenvalue weighted by molar-refractivity contribution is 0.440. The molecule has 0 aromatic heterocycles. The summed E-state index contributed by atoms with van der Waals surface area (Å²) in [6.45, 7) is 4.48. The van der Waals surface area contributed by atoms with E-state index in [1.54, 1.807) is 0 Å². The summed E-state index contributed by atoms with van der Waals surface area (Å²) >= 11 is 3.48. The molecule has 1 unspecified atom stereocenters. The molecule has 106 valence electrons. The van der Waals surface area contributed by atoms with Crippen LogP contribution in [0.25, 0.3) is 0 Å². The van der Waals surface area contributed by atoms with Gasteiger partial charge in [-0.1, -0.05) is 65.3 Å². The molecule has 2 rings (SSSR count). The zero-order valence-electron chi connectivity index (χ0n) is 12.1. The highest BCUT2D eigenvalue weighted by Crippen LogP contribution is 2.18. The van der Waals surface area contributed by atoms with E-state index in [4.69, 9.17) is 0 Å². The van der Waals surface area contributed by atoms with E-state index in [9.17, 15) is 0 Å². The number of halogens is 1. The summed E-state index contributed by atoms with van der Waals surface area (Å²) in [4.78, 5) is 0. The van der Waals surface area contributed by atoms with Crippen LogP contribution in [0.2, 0.25) is 0 Å². The van der Waals surface area contributed by atoms with Crippen molar-refractivity contribution in [2.24, 2.45) is 0 Å². The van der Waals surface area contributed by atoms with Gasteiger partial charge in [0.25, 0.3) is 0 Å². The predicted octanol–water partition coefficient (Wildman–Crippen LogP) is 5.12. The molecule has 0 amide bonds. The summed E-state index contributed by atoms with van der Waals surface area (Å²) in [6, 6.07) is 20.1. The minimum absolute atomic E-state index is 0.372. The molecule has 0 fully saturated rings. The molecule has 0 saturated heterocycles. The van der Waals surface area contributed by atoms with E-state index >= 15 is 0 Å². The molecule has 2 aromatic carbocycles. The molecule has 0 bridgehead atoms. The maximum atomic E-state index is 3.74. The first-order valence-electron chi connectivity index (χ1n) is 7.24. The van der Waals surface area contributed by atoms with Gasteiger partial charge in [0, 0.05) is 16.6 Å². The third kappa shape index (κ3) is 4.46. The Morgan fingerprint density at radius 2 is 1.65 bits per heavy atom. The molecule has 0 saturated carbocycles. The Morgan fingerprint density at radius 3 is 2.25 bits per heavy atom. The number of nitrogens with one attached hydrogen (secondary N) is 1. The molecule has 0 heterocycles. The second kappa shape index (κ2) is 7.61. The van der Waals surface area contributed by atoms with Crippen LogP contribution in [0.5, 0.6) is 0 Å². The van der Waals surface area contributed by atoms with Crippen molar-refractivity contribution in [3.8, 4) is 0 Å². The van der Waals surface area contributed by atoms with Crippen LogP contribution in [-0.2, 0) is 6.42 Å². The van der Waals surface area contributed by atoms with Gasteiger partial charge in [0.05, 0.1) is 0 Å². The van der Waals surface area contributed by atoms with E-state index in [0.717, 1.165) is 17.3 Å². The number of benzene rings is 2. The first kappa shape index (κ1) is 15.3. The maximum Gasteiger partial charge on any atom is 0.0294 e. The van der Waals surface area contributed by atoms with Crippen LogP contribution in [0.3, 0.4) is 0 Å². The van der Waals surface area contributed by atoms with Crippen molar-refractivity contribution in [1.82, 2.24) is 5.32 Å². The minimum atomic E-state index is 0.372. The van der Waals surface area contributed by atoms with Gasteiger partial charge in [-0.25, -0.2) is 0 Å². The molecule has 1 N–H and O–H groups in total. The van der Waals surface area contributed by atoms with Gasteiger partial charge in [0.15, 0.2) is 0 Å². The second-order valence-corrected chi connectivity index (χ2v) is 6.15. The smallest absolute Gasteiger partial charge is 0.0294 e. The zero-order valence-corrected chi connectivity index (χ0v) is 13.7. The summed E-state index contributed by atoms with van der Waals surface area (Å²) in [5.41, 5.74) is 2.73. The Hall–Kier alpha value is -1.12. The van der Waals surface area contributed by atoms with E-state index in [1.165, 1.54) is 11.1 Å². The third-order valence-corrected chi connectivity index (χ3v) is 4.20. The van der Waals surface area contributed by atoms with Gasteiger partial charge in [0.2, 0.25) is 0 Å². The Morgan fingerprint density at radius 1 is 1.00 bits per heavy atom. The SMILES string of the molecule is CCC(Cc1ccccc1)N[C@H](C)c1ccc(Br)cc1. The van der Waals surface area contributed by atoms with Gasteiger partial charge in [-0.2, -0.15) is 0 Å². The maximum absolute atomic E-state index is 3.74. The average molecular weight is 332 g/mol. The molecule has 0 aliphatic rings. The van der Waals surface area contributed by atoms with Crippen molar-refractivity contribution in [2.75, 3.05) is 0 Å². The zero-order chi connectivity index (χ0) is 14.4. The lowest BCUT2D eigenvalue weighted by Crippen LogP contribution is -2.32. The molecule has 0 aliphatic heterocycles. The van der Waals surface area contributed by atoms with Gasteiger partial charge >= 0.3 is 0 Å². The topological polar surface area (TPSA) is 12.0 Å². The third-order valence-electron chi connectivity index (χ3n) is 3.67. The molecule has 0 radical (unpaired) electrons. The summed E-state index contributed by atoms with van der Waals surface area (Å²) in [5, 5.41) is 3.74. The molecule has 1 nitrogen and oxygen atoms in total. The molecule has 20 heavy (non-hydrogen) atoms. The van der Waals surface area contributed by atoms with Crippen LogP contribution in [0, 0.1) is 0 Å². The number of rotatable bonds is 6. The van der Waals surface area contributed by atoms with E-state index in [2.05, 4.69) is 89.7 Å². The molecular weight excluding hydrogens is 310 g/mol. The number of hydrogen-bond acceptors (Lipinski definition) is 1. The van der Waals surface area contributed by atoms with Crippen molar-refractivity contribution < 1.29 is 0 Å². The van der Waals surface area contributed by atoms with Crippen molar-refractivity contribution in [1.29, 1.82) is 0 Å². The minimum Gasteiger partial charge on any atom is -0.307 e. The van der Waals surface area contributed by atoms with Crippen LogP contribution in [0.4, 0.5) is 0 Å². The Bertz CT molecular complexity index is 507. The van der Waals surface area contributed by atoms with E-state index in [1.807, 2.05) is 0 Å². The normalized spacial score (nSPS) is 13.9. The van der Waals surface area contributed by atoms with Crippen LogP contribution >= 0.6 is 15.9 Å². The lowest BCUT2D eigenvalue weighted by atomic mass is 10.0. The molecular formula is C18H22BrN. The van der Waals surface area contributed by atoms with Gasteiger partial charge in [0.1, 0.15) is 0 Å². The van der Waals surface area contributed by atoms with Crippen molar-refractivity contribution >= 4 is 15.9 Å². The summed E-state index contributed by atoms with van der Waals surface area (Å²) in [7, 11) is 0. The molecule has 2 heteroatoms. The Balaban J connectivity index is 1.97. The van der Waals surface area contributed by atoms with Crippen molar-refractivity contribution in [3.05, 3.63) is 70.2 Å². The predicted molar refractivity (Wildman–Crippen MR) is 89.9 cm³/mol.